The van der Waals surface area contributed by atoms with Crippen LogP contribution in [0.15, 0.2) is 0 Å². The summed E-state index contributed by atoms with van der Waals surface area (Å²) in [5, 5.41) is 0. The molecule has 0 saturated heterocycles. The van der Waals surface area contributed by atoms with Gasteiger partial charge in [-0.2, -0.15) is 0 Å². The van der Waals surface area contributed by atoms with Crippen LogP contribution in [0.25, 0.3) is 0 Å². The molecule has 12 heteroatoms. The first-order valence-corrected chi connectivity index (χ1v) is 49.2. The molecule has 0 aliphatic heterocycles. The van der Waals surface area contributed by atoms with E-state index in [0.717, 1.165) is 70.6 Å². The van der Waals surface area contributed by atoms with Crippen molar-refractivity contribution in [2.24, 2.45) is 72.9 Å². The minimum Gasteiger partial charge on any atom is -0.459 e. The maximum absolute atomic E-state index is 12.8. The van der Waals surface area contributed by atoms with E-state index in [1.165, 1.54) is 173 Å². The summed E-state index contributed by atoms with van der Waals surface area (Å²) in [6.07, 6.45) is 44.1. The Bertz CT molecular complexity index is 2580. The van der Waals surface area contributed by atoms with Crippen LogP contribution in [0.4, 0.5) is 0 Å². The van der Waals surface area contributed by atoms with E-state index in [4.69, 9.17) is 28.4 Å². The second-order valence-corrected chi connectivity index (χ2v) is 40.9. The van der Waals surface area contributed by atoms with Crippen LogP contribution in [0.3, 0.4) is 0 Å². The van der Waals surface area contributed by atoms with Crippen LogP contribution in [0.1, 0.15) is 617 Å². The fourth-order valence-corrected chi connectivity index (χ4v) is 17.0. The Morgan fingerprint density at radius 1 is 0.250 bits per heavy atom. The van der Waals surface area contributed by atoms with Crippen molar-refractivity contribution in [3.05, 3.63) is 0 Å². The smallest absolute Gasteiger partial charge is 0.312 e. The number of esters is 6. The van der Waals surface area contributed by atoms with Gasteiger partial charge in [0.1, 0.15) is 33.6 Å². The van der Waals surface area contributed by atoms with Gasteiger partial charge in [0.05, 0.1) is 32.5 Å². The van der Waals surface area contributed by atoms with E-state index in [9.17, 15) is 28.8 Å². The second-order valence-electron chi connectivity index (χ2n) is 40.9. The molecule has 0 heterocycles. The molecule has 788 valence electrons. The Kier molecular flexibility index (Phi) is 94.7. The molecular formula is C116H252O12. The number of hydrogen-bond acceptors (Lipinski definition) is 12. The van der Waals surface area contributed by atoms with Gasteiger partial charge < -0.3 is 28.4 Å². The van der Waals surface area contributed by atoms with E-state index in [1.54, 1.807) is 0 Å². The molecule has 0 radical (unpaired) electrons. The van der Waals surface area contributed by atoms with Crippen molar-refractivity contribution in [3.63, 3.8) is 0 Å². The first kappa shape index (κ1) is 162. The summed E-state index contributed by atoms with van der Waals surface area (Å²) in [5.41, 5.74) is -3.21. The number of carbonyl (C=O) groups is 6. The summed E-state index contributed by atoms with van der Waals surface area (Å²) in [6.45, 7) is 83.9. The lowest BCUT2D eigenvalue weighted by Crippen LogP contribution is -2.49. The molecule has 2 bridgehead atoms. The third-order valence-corrected chi connectivity index (χ3v) is 29.5. The molecular weight excluding hydrogens is 1590 g/mol. The summed E-state index contributed by atoms with van der Waals surface area (Å²) in [6, 6.07) is 0. The Morgan fingerprint density at radius 3 is 0.664 bits per heavy atom. The highest BCUT2D eigenvalue weighted by Gasteiger charge is 2.69. The number of fused-ring (bicyclic) bond motifs is 2. The van der Waals surface area contributed by atoms with Crippen molar-refractivity contribution in [2.45, 2.75) is 651 Å². The molecule has 8 rings (SSSR count). The number of rotatable bonds is 22. The van der Waals surface area contributed by atoms with Gasteiger partial charge in [0.15, 0.2) is 0 Å². The van der Waals surface area contributed by atoms with Crippen molar-refractivity contribution >= 4 is 35.8 Å². The van der Waals surface area contributed by atoms with Crippen LogP contribution in [-0.4, -0.2) is 69.4 Å². The Hall–Kier alpha value is -3.18. The zero-order chi connectivity index (χ0) is 91.5. The summed E-state index contributed by atoms with van der Waals surface area (Å²) in [4.78, 5) is 73.3. The molecule has 0 amide bonds. The zero-order valence-electron chi connectivity index (χ0n) is 85.7. The lowest BCUT2D eigenvalue weighted by Gasteiger charge is -2.47. The predicted octanol–water partition coefficient (Wildman–Crippen LogP) is 39.9. The Balaban J connectivity index is -0.0000000808. The highest BCUT2D eigenvalue weighted by atomic mass is 16.6. The molecule has 8 saturated carbocycles. The van der Waals surface area contributed by atoms with E-state index >= 15 is 0 Å². The zero-order valence-corrected chi connectivity index (χ0v) is 85.7. The Labute approximate surface area is 811 Å². The van der Waals surface area contributed by atoms with Crippen molar-refractivity contribution in [1.82, 2.24) is 0 Å². The Morgan fingerprint density at radius 2 is 0.445 bits per heavy atom. The molecule has 8 aliphatic rings. The normalized spacial score (nSPS) is 20.0. The number of ether oxygens (including phenoxy) is 6. The molecule has 0 spiro atoms. The van der Waals surface area contributed by atoms with Crippen LogP contribution >= 0.6 is 0 Å². The molecule has 128 heavy (non-hydrogen) atoms. The van der Waals surface area contributed by atoms with Gasteiger partial charge in [0.25, 0.3) is 0 Å². The van der Waals surface area contributed by atoms with Crippen LogP contribution in [0.2, 0.25) is 0 Å². The highest BCUT2D eigenvalue weighted by Crippen LogP contribution is 2.71. The van der Waals surface area contributed by atoms with Gasteiger partial charge in [0.2, 0.25) is 0 Å². The minimum atomic E-state index is -0.370. The van der Waals surface area contributed by atoms with Crippen LogP contribution in [-0.2, 0) is 57.2 Å². The second kappa shape index (κ2) is 75.0. The quantitative estimate of drug-likeness (QED) is 0.0575. The monoisotopic (exact) mass is 1840 g/mol. The predicted molar refractivity (Wildman–Crippen MR) is 579 cm³/mol. The maximum Gasteiger partial charge on any atom is 0.312 e. The molecule has 8 aliphatic carbocycles. The lowest BCUT2D eigenvalue weighted by atomic mass is 9.65. The van der Waals surface area contributed by atoms with Gasteiger partial charge in [-0.15, -0.1) is 0 Å². The summed E-state index contributed by atoms with van der Waals surface area (Å²) in [7, 11) is 0. The fourth-order valence-electron chi connectivity index (χ4n) is 17.0. The van der Waals surface area contributed by atoms with E-state index in [-0.39, 0.29) is 202 Å². The summed E-state index contributed by atoms with van der Waals surface area (Å²) < 4.78 is 35.3. The van der Waals surface area contributed by atoms with E-state index in [1.807, 2.05) is 194 Å². The van der Waals surface area contributed by atoms with Gasteiger partial charge in [0, 0.05) is 5.41 Å². The maximum atomic E-state index is 12.8. The SMILES string of the molecule is C.C.C.C.C.C.C.C.C.C.C.C.CC.CC.CC.CC.CC.CC.CCC(C)(C)C(=O)OC(C)(C)C1CCCC1.CCC(C)(C)C(=O)OC(C)(C)C1CCCCC1.CCC(C)(C)C(=O)OC(C)(C1CCCCC1)C1CCCCC1.CCC(C)(C)C(=O)OC1(C)CC2CCC1(C)C2(C)C.CCC(C)(C)C(=O)OC1(C)CCCC1.CCC(C)(C)C(=O)OC1(C)CCCCCC1. The highest BCUT2D eigenvalue weighted by molar-refractivity contribution is 5.79. The average Bonchev–Trinajstić information content (AvgIpc) is 1.53. The van der Waals surface area contributed by atoms with Gasteiger partial charge in [-0.1, -0.05) is 318 Å². The molecule has 0 aromatic heterocycles. The molecule has 0 N–H and O–H groups in total. The van der Waals surface area contributed by atoms with E-state index < -0.39 is 0 Å². The van der Waals surface area contributed by atoms with Gasteiger partial charge >= 0.3 is 35.8 Å². The minimum absolute atomic E-state index is 0. The van der Waals surface area contributed by atoms with Crippen molar-refractivity contribution < 1.29 is 57.2 Å². The molecule has 12 nitrogen and oxygen atoms in total. The average molecular weight is 1840 g/mol. The van der Waals surface area contributed by atoms with Crippen LogP contribution in [0, 0.1) is 72.9 Å². The van der Waals surface area contributed by atoms with Crippen LogP contribution in [0.5, 0.6) is 0 Å². The van der Waals surface area contributed by atoms with Gasteiger partial charge in [-0.25, -0.2) is 0 Å². The standard InChI is InChI=1S/C20H36O2.C17H30O2.C15H28O2.2C14H26O2.C12H22O2.6C2H6.12CH4/c1-5-19(2,3)18(21)22-20(4,16-12-8-6-9-13-16)17-14-10-7-11-15-17;1-8-14(2,3)13(18)19-17(7)11-12-9-10-16(17,6)15(12,4)5;1-6-14(2,3)13(16)17-15(4,5)12-10-8-7-9-11-12;1-6-13(2,3)12(15)16-14(4,5)11-9-7-8-10-11;1-5-13(2,3)12(15)16-14(4)10-8-6-7-9-11-14;1-5-11(2,3)10(13)14-12(4)8-6-7-9-12;6*1-2;;;;;;;;;;;;/h16-17H,5-15H2,1-4H3;12H,8-11H2,1-7H3;12H,6-11H2,1-5H3;11H,6-10H2,1-5H3;5-11H2,1-4H3;5-9H2,1-4H3;6*1-2H3;12*1H4. The van der Waals surface area contributed by atoms with Gasteiger partial charge in [-0.05, 0) is 334 Å². The van der Waals surface area contributed by atoms with E-state index in [0.29, 0.717) is 29.6 Å². The summed E-state index contributed by atoms with van der Waals surface area (Å²) in [5.74, 6) is 2.75. The van der Waals surface area contributed by atoms with Crippen molar-refractivity contribution in [2.75, 3.05) is 0 Å². The first-order valence-electron chi connectivity index (χ1n) is 49.2. The van der Waals surface area contributed by atoms with E-state index in [2.05, 4.69) is 90.0 Å². The molecule has 3 unspecified atom stereocenters. The molecule has 0 aromatic carbocycles. The first-order chi connectivity index (χ1) is 53.8. The third-order valence-electron chi connectivity index (χ3n) is 29.5. The fraction of sp³-hybridized carbons (Fsp3) is 0.948. The largest absolute Gasteiger partial charge is 0.459 e. The topological polar surface area (TPSA) is 158 Å². The summed E-state index contributed by atoms with van der Waals surface area (Å²) >= 11 is 0. The lowest BCUT2D eigenvalue weighted by molar-refractivity contribution is -0.187. The number of carbonyl (C=O) groups excluding carboxylic acids is 6. The molecule has 0 aromatic rings. The van der Waals surface area contributed by atoms with Gasteiger partial charge in [-0.3, -0.25) is 28.8 Å². The van der Waals surface area contributed by atoms with Crippen LogP contribution < -0.4 is 0 Å². The molecule has 3 atom stereocenters. The third kappa shape index (κ3) is 50.1. The van der Waals surface area contributed by atoms with Crippen molar-refractivity contribution in [1.29, 1.82) is 0 Å². The number of hydrogen-bond donors (Lipinski definition) is 0. The molecule has 8 fully saturated rings. The van der Waals surface area contributed by atoms with Crippen molar-refractivity contribution in [3.8, 4) is 0 Å².